The summed E-state index contributed by atoms with van der Waals surface area (Å²) in [5.74, 6) is 0.842. The quantitative estimate of drug-likeness (QED) is 0.611. The van der Waals surface area contributed by atoms with Gasteiger partial charge in [0.15, 0.2) is 6.39 Å². The summed E-state index contributed by atoms with van der Waals surface area (Å²) in [5, 5.41) is 1.69. The third kappa shape index (κ3) is 2.03. The molecule has 0 spiro atoms. The maximum Gasteiger partial charge on any atom is 0.181 e. The van der Waals surface area contributed by atoms with Crippen molar-refractivity contribution in [3.05, 3.63) is 17.8 Å². The van der Waals surface area contributed by atoms with Crippen LogP contribution in [0.4, 0.5) is 0 Å². The Bertz CT molecular complexity index is 222. The Balaban J connectivity index is 2.56. The smallest absolute Gasteiger partial charge is 0.181 e. The van der Waals surface area contributed by atoms with Gasteiger partial charge in [-0.1, -0.05) is 0 Å². The van der Waals surface area contributed by atoms with Crippen molar-refractivity contribution in [3.8, 4) is 0 Å². The predicted molar refractivity (Wildman–Crippen MR) is 39.7 cm³/mol. The first kappa shape index (κ1) is 8.23. The molecular formula is C7H12N2O2. The van der Waals surface area contributed by atoms with E-state index in [4.69, 9.17) is 9.25 Å². The van der Waals surface area contributed by atoms with E-state index in [0.717, 1.165) is 11.5 Å². The van der Waals surface area contributed by atoms with Gasteiger partial charge >= 0.3 is 0 Å². The molecule has 0 unspecified atom stereocenters. The monoisotopic (exact) mass is 156 g/mol. The fourth-order valence-electron chi connectivity index (χ4n) is 0.756. The summed E-state index contributed by atoms with van der Waals surface area (Å²) < 4.78 is 5.02. The fourth-order valence-corrected chi connectivity index (χ4v) is 0.756. The van der Waals surface area contributed by atoms with E-state index in [9.17, 15) is 0 Å². The third-order valence-corrected chi connectivity index (χ3v) is 1.53. The van der Waals surface area contributed by atoms with Gasteiger partial charge in [0.05, 0.1) is 19.3 Å². The van der Waals surface area contributed by atoms with Crippen LogP contribution < -0.4 is 0 Å². The molecule has 1 aromatic heterocycles. The van der Waals surface area contributed by atoms with Crippen molar-refractivity contribution in [3.63, 3.8) is 0 Å². The van der Waals surface area contributed by atoms with Crippen molar-refractivity contribution in [1.29, 1.82) is 0 Å². The molecule has 0 radical (unpaired) electrons. The average Bonchev–Trinajstić information content (AvgIpc) is 2.37. The SMILES string of the molecule is CON(C)Cc1ncoc1C. The van der Waals surface area contributed by atoms with E-state index in [0.29, 0.717) is 6.54 Å². The highest BCUT2D eigenvalue weighted by atomic mass is 16.7. The minimum absolute atomic E-state index is 0.652. The van der Waals surface area contributed by atoms with Gasteiger partial charge in [0.2, 0.25) is 0 Å². The van der Waals surface area contributed by atoms with Gasteiger partial charge in [-0.05, 0) is 6.92 Å². The molecule has 0 amide bonds. The molecule has 0 aliphatic heterocycles. The minimum atomic E-state index is 0.652. The number of hydrogen-bond donors (Lipinski definition) is 0. The normalized spacial score (nSPS) is 10.9. The molecule has 0 N–H and O–H groups in total. The van der Waals surface area contributed by atoms with Gasteiger partial charge in [-0.25, -0.2) is 4.98 Å². The molecule has 0 atom stereocenters. The zero-order valence-corrected chi connectivity index (χ0v) is 7.00. The first-order valence-electron chi connectivity index (χ1n) is 3.38. The fraction of sp³-hybridized carbons (Fsp3) is 0.571. The molecule has 1 heterocycles. The summed E-state index contributed by atoms with van der Waals surface area (Å²) in [4.78, 5) is 8.95. The second-order valence-electron chi connectivity index (χ2n) is 2.32. The zero-order chi connectivity index (χ0) is 8.27. The lowest BCUT2D eigenvalue weighted by Crippen LogP contribution is -2.16. The average molecular weight is 156 g/mol. The van der Waals surface area contributed by atoms with Crippen LogP contribution in [0, 0.1) is 6.92 Å². The van der Waals surface area contributed by atoms with Crippen LogP contribution in [0.5, 0.6) is 0 Å². The molecule has 0 saturated heterocycles. The standard InChI is InChI=1S/C7H12N2O2/c1-6-7(8-5-11-6)4-9(2)10-3/h5H,4H2,1-3H3. The molecular weight excluding hydrogens is 144 g/mol. The van der Waals surface area contributed by atoms with Gasteiger partial charge in [0.25, 0.3) is 0 Å². The summed E-state index contributed by atoms with van der Waals surface area (Å²) in [6.45, 7) is 2.53. The van der Waals surface area contributed by atoms with Crippen molar-refractivity contribution >= 4 is 0 Å². The maximum atomic E-state index is 5.02. The van der Waals surface area contributed by atoms with Crippen molar-refractivity contribution in [2.24, 2.45) is 0 Å². The summed E-state index contributed by atoms with van der Waals surface area (Å²) >= 11 is 0. The molecule has 62 valence electrons. The molecule has 11 heavy (non-hydrogen) atoms. The second-order valence-corrected chi connectivity index (χ2v) is 2.32. The Morgan fingerprint density at radius 3 is 2.91 bits per heavy atom. The van der Waals surface area contributed by atoms with E-state index in [-0.39, 0.29) is 0 Å². The summed E-state index contributed by atoms with van der Waals surface area (Å²) in [6.07, 6.45) is 1.44. The van der Waals surface area contributed by atoms with Gasteiger partial charge in [0.1, 0.15) is 5.76 Å². The number of hydroxylamine groups is 2. The van der Waals surface area contributed by atoms with Gasteiger partial charge < -0.3 is 9.25 Å². The van der Waals surface area contributed by atoms with E-state index in [1.54, 1.807) is 12.2 Å². The van der Waals surface area contributed by atoms with Crippen LogP contribution in [0.15, 0.2) is 10.8 Å². The Morgan fingerprint density at radius 1 is 1.73 bits per heavy atom. The predicted octanol–water partition coefficient (Wildman–Crippen LogP) is 0.976. The van der Waals surface area contributed by atoms with Crippen LogP contribution in [-0.2, 0) is 11.4 Å². The van der Waals surface area contributed by atoms with E-state index < -0.39 is 0 Å². The third-order valence-electron chi connectivity index (χ3n) is 1.53. The second kappa shape index (κ2) is 3.50. The molecule has 4 nitrogen and oxygen atoms in total. The van der Waals surface area contributed by atoms with Crippen LogP contribution in [0.3, 0.4) is 0 Å². The van der Waals surface area contributed by atoms with Gasteiger partial charge in [-0.2, -0.15) is 5.06 Å². The summed E-state index contributed by atoms with van der Waals surface area (Å²) in [6, 6.07) is 0. The van der Waals surface area contributed by atoms with Crippen molar-refractivity contribution in [2.75, 3.05) is 14.2 Å². The molecule has 0 fully saturated rings. The van der Waals surface area contributed by atoms with Gasteiger partial charge in [-0.15, -0.1) is 0 Å². The highest BCUT2D eigenvalue weighted by Gasteiger charge is 2.05. The van der Waals surface area contributed by atoms with Crippen LogP contribution in [-0.4, -0.2) is 24.2 Å². The largest absolute Gasteiger partial charge is 0.448 e. The molecule has 1 rings (SSSR count). The number of nitrogens with zero attached hydrogens (tertiary/aromatic N) is 2. The first-order chi connectivity index (χ1) is 5.24. The van der Waals surface area contributed by atoms with Crippen molar-refractivity contribution in [2.45, 2.75) is 13.5 Å². The van der Waals surface area contributed by atoms with Crippen LogP contribution in [0.1, 0.15) is 11.5 Å². The molecule has 0 aliphatic carbocycles. The van der Waals surface area contributed by atoms with Crippen LogP contribution >= 0.6 is 0 Å². The highest BCUT2D eigenvalue weighted by molar-refractivity contribution is 5.03. The van der Waals surface area contributed by atoms with E-state index in [1.165, 1.54) is 6.39 Å². The topological polar surface area (TPSA) is 38.5 Å². The number of aryl methyl sites for hydroxylation is 1. The zero-order valence-electron chi connectivity index (χ0n) is 7.00. The van der Waals surface area contributed by atoms with Crippen LogP contribution in [0.2, 0.25) is 0 Å². The van der Waals surface area contributed by atoms with E-state index in [1.807, 2.05) is 14.0 Å². The molecule has 0 aliphatic rings. The van der Waals surface area contributed by atoms with Crippen LogP contribution in [0.25, 0.3) is 0 Å². The molecule has 1 aromatic rings. The van der Waals surface area contributed by atoms with Crippen molar-refractivity contribution in [1.82, 2.24) is 10.0 Å². The summed E-state index contributed by atoms with van der Waals surface area (Å²) in [5.41, 5.74) is 0.911. The summed E-state index contributed by atoms with van der Waals surface area (Å²) in [7, 11) is 3.46. The highest BCUT2D eigenvalue weighted by Crippen LogP contribution is 2.06. The molecule has 0 bridgehead atoms. The maximum absolute atomic E-state index is 5.02. The number of rotatable bonds is 3. The minimum Gasteiger partial charge on any atom is -0.448 e. The number of oxazole rings is 1. The Labute approximate surface area is 65.7 Å². The Morgan fingerprint density at radius 2 is 2.45 bits per heavy atom. The van der Waals surface area contributed by atoms with E-state index >= 15 is 0 Å². The van der Waals surface area contributed by atoms with Crippen molar-refractivity contribution < 1.29 is 9.25 Å². The lowest BCUT2D eigenvalue weighted by atomic mass is 10.4. The van der Waals surface area contributed by atoms with Gasteiger partial charge in [0, 0.05) is 7.05 Å². The Hall–Kier alpha value is -0.870. The van der Waals surface area contributed by atoms with Gasteiger partial charge in [-0.3, -0.25) is 0 Å². The molecule has 0 aromatic carbocycles. The number of hydrogen-bond acceptors (Lipinski definition) is 4. The molecule has 4 heteroatoms. The lowest BCUT2D eigenvalue weighted by molar-refractivity contribution is -0.117. The Kier molecular flexibility index (Phi) is 2.62. The number of aromatic nitrogens is 1. The lowest BCUT2D eigenvalue weighted by Gasteiger charge is -2.10. The molecule has 0 saturated carbocycles. The van der Waals surface area contributed by atoms with E-state index in [2.05, 4.69) is 4.98 Å². The first-order valence-corrected chi connectivity index (χ1v) is 3.38.